The van der Waals surface area contributed by atoms with Crippen molar-refractivity contribution >= 4 is 11.6 Å². The van der Waals surface area contributed by atoms with Crippen LogP contribution < -0.4 is 5.32 Å². The van der Waals surface area contributed by atoms with Crippen molar-refractivity contribution in [1.29, 1.82) is 0 Å². The quantitative estimate of drug-likeness (QED) is 0.839. The molecule has 3 rings (SSSR count). The van der Waals surface area contributed by atoms with Crippen molar-refractivity contribution in [1.82, 2.24) is 0 Å². The molecular weight excluding hydrogens is 294 g/mol. The Morgan fingerprint density at radius 3 is 2.70 bits per heavy atom. The number of ether oxygens (including phenoxy) is 2. The van der Waals surface area contributed by atoms with E-state index < -0.39 is 5.79 Å². The zero-order chi connectivity index (χ0) is 16.6. The van der Waals surface area contributed by atoms with Crippen LogP contribution in [-0.4, -0.2) is 30.0 Å². The third kappa shape index (κ3) is 2.95. The second-order valence-electron chi connectivity index (χ2n) is 6.82. The summed E-state index contributed by atoms with van der Waals surface area (Å²) in [5.74, 6) is -0.607. The van der Waals surface area contributed by atoms with Crippen LogP contribution in [0.3, 0.4) is 0 Å². The fourth-order valence-corrected chi connectivity index (χ4v) is 3.62. The van der Waals surface area contributed by atoms with E-state index in [1.54, 1.807) is 6.07 Å². The molecule has 1 saturated heterocycles. The molecule has 1 amide bonds. The molecule has 0 bridgehead atoms. The number of aromatic hydroxyl groups is 1. The molecule has 2 N–H and O–H groups in total. The Morgan fingerprint density at radius 2 is 2.04 bits per heavy atom. The van der Waals surface area contributed by atoms with Gasteiger partial charge in [0, 0.05) is 12.1 Å². The summed E-state index contributed by atoms with van der Waals surface area (Å²) in [4.78, 5) is 12.8. The molecule has 1 atom stereocenters. The van der Waals surface area contributed by atoms with Crippen molar-refractivity contribution < 1.29 is 19.4 Å². The summed E-state index contributed by atoms with van der Waals surface area (Å²) in [6.07, 6.45) is 2.49. The lowest BCUT2D eigenvalue weighted by Crippen LogP contribution is -2.41. The highest BCUT2D eigenvalue weighted by Gasteiger charge is 2.51. The van der Waals surface area contributed by atoms with E-state index in [2.05, 4.69) is 5.32 Å². The molecule has 0 radical (unpaired) electrons. The predicted molar refractivity (Wildman–Crippen MR) is 87.5 cm³/mol. The van der Waals surface area contributed by atoms with Gasteiger partial charge in [0.15, 0.2) is 5.79 Å². The lowest BCUT2D eigenvalue weighted by molar-refractivity contribution is -0.184. The van der Waals surface area contributed by atoms with Crippen LogP contribution in [0.4, 0.5) is 5.69 Å². The molecule has 126 valence electrons. The maximum Gasteiger partial charge on any atom is 0.232 e. The van der Waals surface area contributed by atoms with Crippen LogP contribution in [-0.2, 0) is 14.3 Å². The van der Waals surface area contributed by atoms with Gasteiger partial charge in [0.1, 0.15) is 5.75 Å². The van der Waals surface area contributed by atoms with Gasteiger partial charge in [-0.15, -0.1) is 0 Å². The summed E-state index contributed by atoms with van der Waals surface area (Å²) in [5, 5.41) is 13.1. The number of amides is 1. The average Bonchev–Trinajstić information content (AvgIpc) is 3.12. The maximum atomic E-state index is 12.8. The van der Waals surface area contributed by atoms with Gasteiger partial charge in [-0.2, -0.15) is 0 Å². The van der Waals surface area contributed by atoms with Crippen molar-refractivity contribution in [2.45, 2.75) is 51.7 Å². The van der Waals surface area contributed by atoms with Gasteiger partial charge >= 0.3 is 0 Å². The van der Waals surface area contributed by atoms with E-state index in [1.807, 2.05) is 26.8 Å². The summed E-state index contributed by atoms with van der Waals surface area (Å²) in [5.41, 5.74) is 2.43. The first-order valence-electron chi connectivity index (χ1n) is 8.35. The van der Waals surface area contributed by atoms with Gasteiger partial charge in [-0.05, 0) is 48.9 Å². The third-order valence-corrected chi connectivity index (χ3v) is 4.90. The summed E-state index contributed by atoms with van der Waals surface area (Å²) in [7, 11) is 0. The number of carbonyl (C=O) groups is 1. The van der Waals surface area contributed by atoms with E-state index in [1.165, 1.54) is 0 Å². The molecule has 5 heteroatoms. The van der Waals surface area contributed by atoms with Crippen LogP contribution in [0.15, 0.2) is 12.1 Å². The SMILES string of the molecule is Cc1cc(O)c(C(C)C)cc1NC(=O)C1CCCC12OCCO2. The summed E-state index contributed by atoms with van der Waals surface area (Å²) >= 11 is 0. The molecule has 1 saturated carbocycles. The van der Waals surface area contributed by atoms with Crippen molar-refractivity contribution in [2.75, 3.05) is 18.5 Å². The number of carbonyl (C=O) groups excluding carboxylic acids is 1. The first-order chi connectivity index (χ1) is 10.9. The zero-order valence-corrected chi connectivity index (χ0v) is 14.0. The highest BCUT2D eigenvalue weighted by molar-refractivity contribution is 5.94. The van der Waals surface area contributed by atoms with Gasteiger partial charge in [0.2, 0.25) is 5.91 Å². The predicted octanol–water partition coefficient (Wildman–Crippen LogP) is 3.31. The van der Waals surface area contributed by atoms with E-state index in [0.29, 0.717) is 13.2 Å². The number of aryl methyl sites for hydroxylation is 1. The Morgan fingerprint density at radius 1 is 1.35 bits per heavy atom. The number of phenolic OH excluding ortho intramolecular Hbond substituents is 1. The second kappa shape index (κ2) is 6.13. The number of phenols is 1. The molecular formula is C18H25NO4. The molecule has 1 aliphatic carbocycles. The first-order valence-corrected chi connectivity index (χ1v) is 8.35. The first kappa shape index (κ1) is 16.3. The molecule has 1 aliphatic heterocycles. The van der Waals surface area contributed by atoms with E-state index in [0.717, 1.165) is 36.1 Å². The maximum absolute atomic E-state index is 12.8. The molecule has 1 unspecified atom stereocenters. The van der Waals surface area contributed by atoms with Crippen molar-refractivity contribution in [3.8, 4) is 5.75 Å². The van der Waals surface area contributed by atoms with Gasteiger partial charge < -0.3 is 19.9 Å². The number of anilines is 1. The fourth-order valence-electron chi connectivity index (χ4n) is 3.62. The molecule has 2 fully saturated rings. The number of benzene rings is 1. The minimum Gasteiger partial charge on any atom is -0.508 e. The Labute approximate surface area is 137 Å². The van der Waals surface area contributed by atoms with Crippen molar-refractivity contribution in [3.63, 3.8) is 0 Å². The highest BCUT2D eigenvalue weighted by atomic mass is 16.7. The van der Waals surface area contributed by atoms with Crippen LogP contribution >= 0.6 is 0 Å². The van der Waals surface area contributed by atoms with E-state index in [-0.39, 0.29) is 23.5 Å². The van der Waals surface area contributed by atoms with Crippen LogP contribution in [0.1, 0.15) is 50.2 Å². The van der Waals surface area contributed by atoms with E-state index >= 15 is 0 Å². The van der Waals surface area contributed by atoms with Crippen LogP contribution in [0, 0.1) is 12.8 Å². The second-order valence-corrected chi connectivity index (χ2v) is 6.82. The van der Waals surface area contributed by atoms with Crippen molar-refractivity contribution in [3.05, 3.63) is 23.3 Å². The lowest BCUT2D eigenvalue weighted by Gasteiger charge is -2.28. The summed E-state index contributed by atoms with van der Waals surface area (Å²) in [6, 6.07) is 3.57. The fraction of sp³-hybridized carbons (Fsp3) is 0.611. The Kier molecular flexibility index (Phi) is 4.34. The minimum atomic E-state index is -0.726. The molecule has 2 aliphatic rings. The Hall–Kier alpha value is -1.59. The molecule has 1 aromatic carbocycles. The largest absolute Gasteiger partial charge is 0.508 e. The number of rotatable bonds is 3. The molecule has 1 aromatic rings. The van der Waals surface area contributed by atoms with Crippen LogP contribution in [0.2, 0.25) is 0 Å². The van der Waals surface area contributed by atoms with Gasteiger partial charge in [0.25, 0.3) is 0 Å². The highest BCUT2D eigenvalue weighted by Crippen LogP contribution is 2.43. The molecule has 0 aromatic heterocycles. The monoisotopic (exact) mass is 319 g/mol. The zero-order valence-electron chi connectivity index (χ0n) is 14.0. The molecule has 23 heavy (non-hydrogen) atoms. The summed E-state index contributed by atoms with van der Waals surface area (Å²) in [6.45, 7) is 7.02. The number of hydrogen-bond donors (Lipinski definition) is 2. The topological polar surface area (TPSA) is 67.8 Å². The Bertz CT molecular complexity index is 600. The average molecular weight is 319 g/mol. The van der Waals surface area contributed by atoms with Gasteiger partial charge in [-0.25, -0.2) is 0 Å². The summed E-state index contributed by atoms with van der Waals surface area (Å²) < 4.78 is 11.5. The van der Waals surface area contributed by atoms with Gasteiger partial charge in [-0.1, -0.05) is 13.8 Å². The Balaban J connectivity index is 1.81. The van der Waals surface area contributed by atoms with Crippen LogP contribution in [0.5, 0.6) is 5.75 Å². The number of nitrogens with one attached hydrogen (secondary N) is 1. The third-order valence-electron chi connectivity index (χ3n) is 4.90. The van der Waals surface area contributed by atoms with Crippen molar-refractivity contribution in [2.24, 2.45) is 5.92 Å². The smallest absolute Gasteiger partial charge is 0.232 e. The van der Waals surface area contributed by atoms with Crippen LogP contribution in [0.25, 0.3) is 0 Å². The molecule has 1 heterocycles. The minimum absolute atomic E-state index is 0.0621. The molecule has 1 spiro atoms. The van der Waals surface area contributed by atoms with Gasteiger partial charge in [0.05, 0.1) is 19.1 Å². The number of hydrogen-bond acceptors (Lipinski definition) is 4. The lowest BCUT2D eigenvalue weighted by atomic mass is 9.98. The van der Waals surface area contributed by atoms with E-state index in [4.69, 9.17) is 9.47 Å². The normalized spacial score (nSPS) is 22.9. The van der Waals surface area contributed by atoms with E-state index in [9.17, 15) is 9.90 Å². The van der Waals surface area contributed by atoms with Gasteiger partial charge in [-0.3, -0.25) is 4.79 Å². The molecule has 5 nitrogen and oxygen atoms in total. The standard InChI is InChI=1S/C18H25NO4/c1-11(2)13-10-15(12(3)9-16(13)20)19-17(21)14-5-4-6-18(14)22-7-8-23-18/h9-11,14,20H,4-8H2,1-3H3,(H,19,21).